The molecule has 0 spiro atoms. The molecule has 86 valence electrons. The van der Waals surface area contributed by atoms with Gasteiger partial charge >= 0.3 is 0 Å². The Kier molecular flexibility index (Phi) is 3.97. The quantitative estimate of drug-likeness (QED) is 0.794. The summed E-state index contributed by atoms with van der Waals surface area (Å²) in [5, 5.41) is 3.57. The fraction of sp³-hybridized carbons (Fsp3) is 0.385. The smallest absolute Gasteiger partial charge is 0.142 e. The third kappa shape index (κ3) is 3.06. The molecule has 1 aliphatic carbocycles. The molecule has 1 nitrogen and oxygen atoms in total. The molecule has 0 saturated heterocycles. The summed E-state index contributed by atoms with van der Waals surface area (Å²) in [6.45, 7) is 0.684. The highest BCUT2D eigenvalue weighted by atomic mass is 35.5. The Bertz CT molecular complexity index is 390. The fourth-order valence-corrected chi connectivity index (χ4v) is 2.00. The summed E-state index contributed by atoms with van der Waals surface area (Å²) >= 11 is 5.62. The van der Waals surface area contributed by atoms with Crippen LogP contribution in [0.1, 0.15) is 24.8 Å². The van der Waals surface area contributed by atoms with Gasteiger partial charge in [-0.3, -0.25) is 0 Å². The van der Waals surface area contributed by atoms with Gasteiger partial charge in [-0.05, 0) is 37.0 Å². The van der Waals surface area contributed by atoms with Crippen LogP contribution in [0.4, 0.5) is 4.39 Å². The summed E-state index contributed by atoms with van der Waals surface area (Å²) in [7, 11) is 0. The molecule has 0 bridgehead atoms. The minimum Gasteiger partial charge on any atom is -0.306 e. The molecule has 0 radical (unpaired) electrons. The zero-order valence-electron chi connectivity index (χ0n) is 9.05. The molecule has 1 unspecified atom stereocenters. The highest BCUT2D eigenvalue weighted by Crippen LogP contribution is 2.16. The van der Waals surface area contributed by atoms with Crippen LogP contribution >= 0.6 is 11.6 Å². The average Bonchev–Trinajstić information content (AvgIpc) is 2.32. The van der Waals surface area contributed by atoms with E-state index in [0.29, 0.717) is 12.6 Å². The molecule has 1 N–H and O–H groups in total. The largest absolute Gasteiger partial charge is 0.306 e. The lowest BCUT2D eigenvalue weighted by atomic mass is 10.0. The Labute approximate surface area is 100 Å². The summed E-state index contributed by atoms with van der Waals surface area (Å²) in [6, 6.07) is 5.37. The first-order chi connectivity index (χ1) is 7.75. The van der Waals surface area contributed by atoms with Crippen molar-refractivity contribution in [3.63, 3.8) is 0 Å². The van der Waals surface area contributed by atoms with Crippen molar-refractivity contribution in [1.29, 1.82) is 0 Å². The molecule has 3 heteroatoms. The number of halogens is 2. The van der Waals surface area contributed by atoms with Crippen molar-refractivity contribution >= 4 is 11.6 Å². The van der Waals surface area contributed by atoms with E-state index in [1.807, 2.05) is 6.07 Å². The summed E-state index contributed by atoms with van der Waals surface area (Å²) in [5.41, 5.74) is 0.931. The molecule has 0 amide bonds. The predicted molar refractivity (Wildman–Crippen MR) is 65.0 cm³/mol. The van der Waals surface area contributed by atoms with Gasteiger partial charge in [0.25, 0.3) is 0 Å². The van der Waals surface area contributed by atoms with E-state index in [1.54, 1.807) is 6.07 Å². The van der Waals surface area contributed by atoms with Gasteiger partial charge in [-0.15, -0.1) is 0 Å². The minimum absolute atomic E-state index is 0.182. The highest BCUT2D eigenvalue weighted by molar-refractivity contribution is 6.30. The van der Waals surface area contributed by atoms with E-state index in [4.69, 9.17) is 11.6 Å². The van der Waals surface area contributed by atoms with Gasteiger partial charge < -0.3 is 5.32 Å². The van der Waals surface area contributed by atoms with Crippen LogP contribution in [0.15, 0.2) is 30.4 Å². The SMILES string of the molecule is Fc1cc(CNC2C=CCCC2)ccc1Cl. The van der Waals surface area contributed by atoms with Crippen molar-refractivity contribution in [1.82, 2.24) is 5.32 Å². The van der Waals surface area contributed by atoms with Crippen molar-refractivity contribution in [3.05, 3.63) is 46.8 Å². The zero-order valence-corrected chi connectivity index (χ0v) is 9.80. The molecule has 1 aliphatic rings. The minimum atomic E-state index is -0.347. The molecule has 0 fully saturated rings. The zero-order chi connectivity index (χ0) is 11.4. The Balaban J connectivity index is 1.91. The standard InChI is InChI=1S/C13H15ClFN/c14-12-7-6-10(8-13(12)15)9-16-11-4-2-1-3-5-11/h2,4,6-8,11,16H,1,3,5,9H2. The predicted octanol–water partition coefficient (Wildman–Crippen LogP) is 3.68. The topological polar surface area (TPSA) is 12.0 Å². The van der Waals surface area contributed by atoms with E-state index in [1.165, 1.54) is 18.9 Å². The van der Waals surface area contributed by atoms with Gasteiger partial charge in [0, 0.05) is 12.6 Å². The van der Waals surface area contributed by atoms with Crippen LogP contribution in [-0.4, -0.2) is 6.04 Å². The molecular formula is C13H15ClFN. The molecular weight excluding hydrogens is 225 g/mol. The summed E-state index contributed by atoms with van der Waals surface area (Å²) < 4.78 is 13.2. The van der Waals surface area contributed by atoms with Crippen molar-refractivity contribution in [3.8, 4) is 0 Å². The molecule has 2 rings (SSSR count). The molecule has 0 heterocycles. The average molecular weight is 240 g/mol. The second-order valence-electron chi connectivity index (χ2n) is 4.09. The van der Waals surface area contributed by atoms with Crippen LogP contribution in [-0.2, 0) is 6.54 Å². The Hall–Kier alpha value is -0.860. The summed E-state index contributed by atoms with van der Waals surface area (Å²) in [4.78, 5) is 0. The van der Waals surface area contributed by atoms with Gasteiger partial charge in [0.2, 0.25) is 0 Å². The number of hydrogen-bond donors (Lipinski definition) is 1. The van der Waals surface area contributed by atoms with Crippen LogP contribution < -0.4 is 5.32 Å². The maximum Gasteiger partial charge on any atom is 0.142 e. The normalized spacial score (nSPS) is 20.0. The first kappa shape index (κ1) is 11.6. The lowest BCUT2D eigenvalue weighted by Crippen LogP contribution is -2.27. The first-order valence-corrected chi connectivity index (χ1v) is 5.97. The monoisotopic (exact) mass is 239 g/mol. The van der Waals surface area contributed by atoms with Crippen LogP contribution in [0.3, 0.4) is 0 Å². The maximum atomic E-state index is 13.2. The molecule has 16 heavy (non-hydrogen) atoms. The van der Waals surface area contributed by atoms with E-state index in [9.17, 15) is 4.39 Å². The second-order valence-corrected chi connectivity index (χ2v) is 4.50. The number of rotatable bonds is 3. The van der Waals surface area contributed by atoms with Crippen LogP contribution in [0, 0.1) is 5.82 Å². The van der Waals surface area contributed by atoms with Crippen LogP contribution in [0.5, 0.6) is 0 Å². The number of allylic oxidation sites excluding steroid dienone is 1. The van der Waals surface area contributed by atoms with Gasteiger partial charge in [0.05, 0.1) is 5.02 Å². The van der Waals surface area contributed by atoms with E-state index in [0.717, 1.165) is 12.0 Å². The van der Waals surface area contributed by atoms with Crippen molar-refractivity contribution in [2.24, 2.45) is 0 Å². The van der Waals surface area contributed by atoms with Crippen molar-refractivity contribution in [2.45, 2.75) is 31.8 Å². The van der Waals surface area contributed by atoms with E-state index in [2.05, 4.69) is 17.5 Å². The lowest BCUT2D eigenvalue weighted by Gasteiger charge is -2.18. The Morgan fingerprint density at radius 3 is 3.00 bits per heavy atom. The molecule has 1 aromatic carbocycles. The van der Waals surface area contributed by atoms with Crippen LogP contribution in [0.2, 0.25) is 5.02 Å². The molecule has 0 aliphatic heterocycles. The highest BCUT2D eigenvalue weighted by Gasteiger charge is 2.07. The third-order valence-corrected chi connectivity index (χ3v) is 3.11. The lowest BCUT2D eigenvalue weighted by molar-refractivity contribution is 0.521. The maximum absolute atomic E-state index is 13.2. The Morgan fingerprint density at radius 2 is 2.31 bits per heavy atom. The van der Waals surface area contributed by atoms with Gasteiger partial charge in [0.1, 0.15) is 5.82 Å². The van der Waals surface area contributed by atoms with E-state index in [-0.39, 0.29) is 10.8 Å². The van der Waals surface area contributed by atoms with E-state index >= 15 is 0 Å². The Morgan fingerprint density at radius 1 is 1.44 bits per heavy atom. The van der Waals surface area contributed by atoms with Crippen molar-refractivity contribution < 1.29 is 4.39 Å². The van der Waals surface area contributed by atoms with Gasteiger partial charge in [-0.2, -0.15) is 0 Å². The number of benzene rings is 1. The number of hydrogen-bond acceptors (Lipinski definition) is 1. The van der Waals surface area contributed by atoms with Crippen LogP contribution in [0.25, 0.3) is 0 Å². The van der Waals surface area contributed by atoms with Gasteiger partial charge in [-0.25, -0.2) is 4.39 Å². The van der Waals surface area contributed by atoms with E-state index < -0.39 is 0 Å². The van der Waals surface area contributed by atoms with Gasteiger partial charge in [-0.1, -0.05) is 29.8 Å². The van der Waals surface area contributed by atoms with Crippen molar-refractivity contribution in [2.75, 3.05) is 0 Å². The first-order valence-electron chi connectivity index (χ1n) is 5.59. The van der Waals surface area contributed by atoms with Gasteiger partial charge in [0.15, 0.2) is 0 Å². The second kappa shape index (κ2) is 5.46. The molecule has 0 aromatic heterocycles. The molecule has 1 atom stereocenters. The fourth-order valence-electron chi connectivity index (χ4n) is 1.88. The molecule has 0 saturated carbocycles. The molecule has 1 aromatic rings. The summed E-state index contributed by atoms with van der Waals surface area (Å²) in [5.74, 6) is -0.347. The summed E-state index contributed by atoms with van der Waals surface area (Å²) in [6.07, 6.45) is 7.95. The number of nitrogens with one attached hydrogen (secondary N) is 1. The third-order valence-electron chi connectivity index (χ3n) is 2.81.